The Labute approximate surface area is 152 Å². The highest BCUT2D eigenvalue weighted by molar-refractivity contribution is 9.10. The van der Waals surface area contributed by atoms with E-state index in [1.165, 1.54) is 12.1 Å². The van der Waals surface area contributed by atoms with E-state index in [0.29, 0.717) is 17.9 Å². The van der Waals surface area contributed by atoms with E-state index in [1.807, 2.05) is 6.07 Å². The van der Waals surface area contributed by atoms with Gasteiger partial charge in [0.1, 0.15) is 5.75 Å². The largest absolute Gasteiger partial charge is 0.490 e. The maximum atomic E-state index is 12.0. The molecule has 0 spiro atoms. The lowest BCUT2D eigenvalue weighted by molar-refractivity contribution is -0.136. The molecule has 0 atom stereocenters. The summed E-state index contributed by atoms with van der Waals surface area (Å²) in [6, 6.07) is 11.9. The summed E-state index contributed by atoms with van der Waals surface area (Å²) in [5.41, 5.74) is 0.314. The maximum absolute atomic E-state index is 12.0. The molecule has 7 heteroatoms. The minimum Gasteiger partial charge on any atom is -0.490 e. The van der Waals surface area contributed by atoms with Gasteiger partial charge in [0.15, 0.2) is 18.1 Å². The van der Waals surface area contributed by atoms with Crippen molar-refractivity contribution < 1.29 is 19.0 Å². The molecule has 0 radical (unpaired) electrons. The van der Waals surface area contributed by atoms with Crippen molar-refractivity contribution in [2.45, 2.75) is 6.92 Å². The summed E-state index contributed by atoms with van der Waals surface area (Å²) < 4.78 is 16.9. The minimum atomic E-state index is -0.634. The minimum absolute atomic E-state index is 0.0712. The van der Waals surface area contributed by atoms with Gasteiger partial charge in [-0.2, -0.15) is 5.26 Å². The summed E-state index contributed by atoms with van der Waals surface area (Å²) in [6.45, 7) is 1.82. The topological polar surface area (TPSA) is 68.5 Å². The normalized spacial score (nSPS) is 9.92. The van der Waals surface area contributed by atoms with Crippen LogP contribution in [0.15, 0.2) is 40.9 Å². The van der Waals surface area contributed by atoms with Crippen LogP contribution in [0.1, 0.15) is 12.5 Å². The average Bonchev–Trinajstić information content (AvgIpc) is 2.57. The number of rotatable bonds is 6. The zero-order chi connectivity index (χ0) is 17.5. The third kappa shape index (κ3) is 4.88. The first-order chi connectivity index (χ1) is 11.5. The fraction of sp³-hybridized carbons (Fsp3) is 0.176. The van der Waals surface area contributed by atoms with Gasteiger partial charge < -0.3 is 14.2 Å². The Kier molecular flexibility index (Phi) is 6.47. The molecular weight excluding hydrogens is 398 g/mol. The van der Waals surface area contributed by atoms with Crippen LogP contribution >= 0.6 is 27.5 Å². The molecule has 0 aliphatic carbocycles. The summed E-state index contributed by atoms with van der Waals surface area (Å²) in [6.07, 6.45) is 0. The maximum Gasteiger partial charge on any atom is 0.349 e. The van der Waals surface area contributed by atoms with Gasteiger partial charge in [-0.1, -0.05) is 27.5 Å². The second kappa shape index (κ2) is 8.57. The number of ether oxygens (including phenoxy) is 3. The molecule has 124 valence electrons. The Hall–Kier alpha value is -2.23. The first-order valence-corrected chi connectivity index (χ1v) is 8.16. The number of benzene rings is 2. The van der Waals surface area contributed by atoms with Crippen LogP contribution in [0.2, 0.25) is 5.02 Å². The molecule has 0 N–H and O–H groups in total. The van der Waals surface area contributed by atoms with Crippen LogP contribution < -0.4 is 14.2 Å². The fourth-order valence-electron chi connectivity index (χ4n) is 1.81. The van der Waals surface area contributed by atoms with Gasteiger partial charge in [-0.25, -0.2) is 4.79 Å². The van der Waals surface area contributed by atoms with Crippen LogP contribution in [0, 0.1) is 11.3 Å². The highest BCUT2D eigenvalue weighted by Crippen LogP contribution is 2.36. The van der Waals surface area contributed by atoms with E-state index in [2.05, 4.69) is 15.9 Å². The summed E-state index contributed by atoms with van der Waals surface area (Å²) in [7, 11) is 0. The Morgan fingerprint density at radius 3 is 2.58 bits per heavy atom. The van der Waals surface area contributed by atoms with Gasteiger partial charge in [0.05, 0.1) is 23.3 Å². The Bertz CT molecular complexity index is 771. The average molecular weight is 411 g/mol. The Morgan fingerprint density at radius 2 is 1.96 bits per heavy atom. The van der Waals surface area contributed by atoms with E-state index in [9.17, 15) is 4.79 Å². The molecule has 0 bridgehead atoms. The highest BCUT2D eigenvalue weighted by atomic mass is 79.9. The third-order valence-electron chi connectivity index (χ3n) is 2.82. The van der Waals surface area contributed by atoms with Crippen molar-refractivity contribution in [1.29, 1.82) is 5.26 Å². The zero-order valence-electron chi connectivity index (χ0n) is 12.7. The molecule has 0 fully saturated rings. The van der Waals surface area contributed by atoms with E-state index in [4.69, 9.17) is 31.1 Å². The van der Waals surface area contributed by atoms with E-state index in [-0.39, 0.29) is 23.1 Å². The van der Waals surface area contributed by atoms with Crippen LogP contribution in [0.5, 0.6) is 17.2 Å². The summed E-state index contributed by atoms with van der Waals surface area (Å²) >= 11 is 9.39. The molecule has 0 saturated heterocycles. The van der Waals surface area contributed by atoms with Gasteiger partial charge in [-0.3, -0.25) is 0 Å². The summed E-state index contributed by atoms with van der Waals surface area (Å²) in [5, 5.41) is 9.08. The number of hydrogen-bond acceptors (Lipinski definition) is 5. The lowest BCUT2D eigenvalue weighted by Gasteiger charge is -2.13. The molecule has 2 aromatic carbocycles. The fourth-order valence-corrected chi connectivity index (χ4v) is 2.32. The number of halogens is 2. The molecule has 24 heavy (non-hydrogen) atoms. The molecule has 2 rings (SSSR count). The van der Waals surface area contributed by atoms with Gasteiger partial charge in [-0.05, 0) is 37.3 Å². The monoisotopic (exact) mass is 409 g/mol. The van der Waals surface area contributed by atoms with E-state index in [0.717, 1.165) is 4.47 Å². The van der Waals surface area contributed by atoms with Crippen molar-refractivity contribution in [2.75, 3.05) is 13.2 Å². The third-order valence-corrected chi connectivity index (χ3v) is 3.63. The SMILES string of the molecule is CCOc1cc(C#N)cc(Cl)c1OC(=O)COc1ccc(Br)cc1. The molecule has 0 aliphatic rings. The van der Waals surface area contributed by atoms with Gasteiger partial charge in [0, 0.05) is 10.5 Å². The van der Waals surface area contributed by atoms with Crippen molar-refractivity contribution in [1.82, 2.24) is 0 Å². The predicted octanol–water partition coefficient (Wildman–Crippen LogP) is 4.36. The number of hydrogen-bond donors (Lipinski definition) is 0. The van der Waals surface area contributed by atoms with Crippen molar-refractivity contribution in [3.05, 3.63) is 51.5 Å². The van der Waals surface area contributed by atoms with Gasteiger partial charge in [0.25, 0.3) is 0 Å². The van der Waals surface area contributed by atoms with Crippen LogP contribution in [0.25, 0.3) is 0 Å². The number of esters is 1. The van der Waals surface area contributed by atoms with E-state index in [1.54, 1.807) is 31.2 Å². The lowest BCUT2D eigenvalue weighted by Crippen LogP contribution is -2.18. The van der Waals surface area contributed by atoms with E-state index < -0.39 is 5.97 Å². The van der Waals surface area contributed by atoms with Crippen LogP contribution in [-0.2, 0) is 4.79 Å². The second-order valence-electron chi connectivity index (χ2n) is 4.55. The molecule has 2 aromatic rings. The van der Waals surface area contributed by atoms with Gasteiger partial charge in [0.2, 0.25) is 0 Å². The number of carbonyl (C=O) groups excluding carboxylic acids is 1. The second-order valence-corrected chi connectivity index (χ2v) is 5.87. The first-order valence-electron chi connectivity index (χ1n) is 6.99. The molecule has 0 heterocycles. The molecule has 0 saturated carbocycles. The highest BCUT2D eigenvalue weighted by Gasteiger charge is 2.17. The van der Waals surface area contributed by atoms with Gasteiger partial charge >= 0.3 is 5.97 Å². The van der Waals surface area contributed by atoms with Crippen LogP contribution in [0.3, 0.4) is 0 Å². The lowest BCUT2D eigenvalue weighted by atomic mass is 10.2. The molecule has 0 unspecified atom stereocenters. The van der Waals surface area contributed by atoms with Crippen molar-refractivity contribution in [2.24, 2.45) is 0 Å². The van der Waals surface area contributed by atoms with Crippen molar-refractivity contribution in [3.8, 4) is 23.3 Å². The number of nitriles is 1. The predicted molar refractivity (Wildman–Crippen MR) is 92.6 cm³/mol. The van der Waals surface area contributed by atoms with Crippen LogP contribution in [-0.4, -0.2) is 19.2 Å². The standard InChI is InChI=1S/C17H13BrClNO4/c1-2-22-15-8-11(9-20)7-14(19)17(15)24-16(21)10-23-13-5-3-12(18)4-6-13/h3-8H,2,10H2,1H3. The first kappa shape index (κ1) is 18.1. The van der Waals surface area contributed by atoms with E-state index >= 15 is 0 Å². The summed E-state index contributed by atoms with van der Waals surface area (Å²) in [4.78, 5) is 12.0. The molecular formula is C17H13BrClNO4. The van der Waals surface area contributed by atoms with Crippen LogP contribution in [0.4, 0.5) is 0 Å². The molecule has 0 aromatic heterocycles. The smallest absolute Gasteiger partial charge is 0.349 e. The number of carbonyl (C=O) groups is 1. The molecule has 0 aliphatic heterocycles. The zero-order valence-corrected chi connectivity index (χ0v) is 15.1. The Balaban J connectivity index is 2.07. The number of nitrogens with zero attached hydrogens (tertiary/aromatic N) is 1. The van der Waals surface area contributed by atoms with Crippen molar-refractivity contribution in [3.63, 3.8) is 0 Å². The molecule has 0 amide bonds. The molecule has 5 nitrogen and oxygen atoms in total. The van der Waals surface area contributed by atoms with Gasteiger partial charge in [-0.15, -0.1) is 0 Å². The summed E-state index contributed by atoms with van der Waals surface area (Å²) in [5.74, 6) is 0.206. The van der Waals surface area contributed by atoms with Crippen molar-refractivity contribution >= 4 is 33.5 Å². The Morgan fingerprint density at radius 1 is 1.25 bits per heavy atom. The quantitative estimate of drug-likeness (QED) is 0.523.